The minimum atomic E-state index is -4.75. The van der Waals surface area contributed by atoms with E-state index in [-0.39, 0.29) is 11.1 Å². The van der Waals surface area contributed by atoms with Gasteiger partial charge in [-0.3, -0.25) is 14.6 Å². The molecule has 4 aromatic rings. The van der Waals surface area contributed by atoms with Gasteiger partial charge in [-0.15, -0.1) is 0 Å². The number of hydrogen-bond donors (Lipinski definition) is 1. The zero-order valence-electron chi connectivity index (χ0n) is 20.4. The molecule has 0 saturated carbocycles. The van der Waals surface area contributed by atoms with Gasteiger partial charge in [-0.25, -0.2) is 18.2 Å². The first-order chi connectivity index (χ1) is 19.0. The zero-order valence-corrected chi connectivity index (χ0v) is 20.4. The first-order valence-electron chi connectivity index (χ1n) is 11.8. The van der Waals surface area contributed by atoms with Crippen molar-refractivity contribution in [2.45, 2.75) is 6.18 Å². The van der Waals surface area contributed by atoms with Gasteiger partial charge in [0.1, 0.15) is 5.82 Å². The molecule has 13 heteroatoms. The molecule has 1 fully saturated rings. The van der Waals surface area contributed by atoms with Crippen LogP contribution in [-0.2, 0) is 10.9 Å². The minimum absolute atomic E-state index is 0.237. The van der Waals surface area contributed by atoms with E-state index in [9.17, 15) is 31.5 Å². The summed E-state index contributed by atoms with van der Waals surface area (Å²) in [5, 5.41) is 1.92. The first-order valence-corrected chi connectivity index (χ1v) is 11.8. The Kier molecular flexibility index (Phi) is 7.15. The Bertz CT molecular complexity index is 1640. The van der Waals surface area contributed by atoms with E-state index < -0.39 is 57.7 Å². The molecule has 5 rings (SSSR count). The molecule has 1 aliphatic heterocycles. The molecule has 1 aromatic heterocycles. The second-order valence-electron chi connectivity index (χ2n) is 8.80. The fraction of sp³-hybridized carbons (Fsp3) is 0.185. The number of nitrogens with one attached hydrogen (secondary N) is 1. The largest absolute Gasteiger partial charge is 0.416 e. The lowest BCUT2D eigenvalue weighted by Crippen LogP contribution is -2.36. The van der Waals surface area contributed by atoms with Crippen LogP contribution in [0.2, 0.25) is 0 Å². The molecule has 2 heterocycles. The molecule has 0 radical (unpaired) electrons. The number of ether oxygens (including phenoxy) is 1. The van der Waals surface area contributed by atoms with Crippen molar-refractivity contribution in [3.63, 3.8) is 0 Å². The second kappa shape index (κ2) is 10.6. The van der Waals surface area contributed by atoms with Crippen LogP contribution in [-0.4, -0.2) is 48.0 Å². The Hall–Kier alpha value is -4.52. The highest BCUT2D eigenvalue weighted by atomic mass is 19.4. The monoisotopic (exact) mass is 560 g/mol. The van der Waals surface area contributed by atoms with Crippen LogP contribution >= 0.6 is 0 Å². The molecular formula is C27H18F6N4O3. The maximum Gasteiger partial charge on any atom is 0.416 e. The van der Waals surface area contributed by atoms with Crippen LogP contribution in [0.15, 0.2) is 54.7 Å². The van der Waals surface area contributed by atoms with Gasteiger partial charge in [0.25, 0.3) is 5.91 Å². The Balaban J connectivity index is 1.47. The van der Waals surface area contributed by atoms with Crippen LogP contribution in [0, 0.1) is 17.5 Å². The molecule has 0 atom stereocenters. The van der Waals surface area contributed by atoms with Crippen molar-refractivity contribution in [2.24, 2.45) is 0 Å². The molecule has 1 aliphatic rings. The lowest BCUT2D eigenvalue weighted by molar-refractivity contribution is -0.137. The van der Waals surface area contributed by atoms with Gasteiger partial charge in [0.2, 0.25) is 0 Å². The van der Waals surface area contributed by atoms with Crippen molar-refractivity contribution >= 4 is 34.2 Å². The van der Waals surface area contributed by atoms with Crippen LogP contribution in [0.3, 0.4) is 0 Å². The molecule has 7 nitrogen and oxygen atoms in total. The van der Waals surface area contributed by atoms with Gasteiger partial charge in [0.05, 0.1) is 47.3 Å². The number of fused-ring (bicyclic) bond motifs is 1. The summed E-state index contributed by atoms with van der Waals surface area (Å²) in [4.78, 5) is 36.4. The fourth-order valence-electron chi connectivity index (χ4n) is 4.16. The number of morpholine rings is 1. The van der Waals surface area contributed by atoms with E-state index in [2.05, 4.69) is 9.97 Å². The third-order valence-corrected chi connectivity index (χ3v) is 6.21. The maximum absolute atomic E-state index is 15.3. The van der Waals surface area contributed by atoms with E-state index in [1.54, 1.807) is 6.20 Å². The number of rotatable bonds is 5. The number of anilines is 2. The van der Waals surface area contributed by atoms with Gasteiger partial charge in [0.15, 0.2) is 23.2 Å². The lowest BCUT2D eigenvalue weighted by atomic mass is 10.00. The predicted octanol–water partition coefficient (Wildman–Crippen LogP) is 5.39. The third-order valence-electron chi connectivity index (χ3n) is 6.21. The topological polar surface area (TPSA) is 84.4 Å². The Morgan fingerprint density at radius 3 is 2.38 bits per heavy atom. The molecule has 0 spiro atoms. The summed E-state index contributed by atoms with van der Waals surface area (Å²) in [5.41, 5.74) is -3.49. The summed E-state index contributed by atoms with van der Waals surface area (Å²) in [6.45, 7) is 2.10. The van der Waals surface area contributed by atoms with Gasteiger partial charge in [0, 0.05) is 30.3 Å². The summed E-state index contributed by atoms with van der Waals surface area (Å²) in [6, 6.07) is 7.41. The maximum atomic E-state index is 15.3. The Morgan fingerprint density at radius 2 is 1.65 bits per heavy atom. The van der Waals surface area contributed by atoms with Gasteiger partial charge in [-0.05, 0) is 36.4 Å². The van der Waals surface area contributed by atoms with Crippen LogP contribution in [0.4, 0.5) is 37.8 Å². The fourth-order valence-corrected chi connectivity index (χ4v) is 4.16. The highest BCUT2D eigenvalue weighted by Crippen LogP contribution is 2.31. The van der Waals surface area contributed by atoms with Crippen LogP contribution in [0.1, 0.15) is 31.8 Å². The van der Waals surface area contributed by atoms with Crippen molar-refractivity contribution in [1.29, 1.82) is 0 Å². The highest BCUT2D eigenvalue weighted by Gasteiger charge is 2.31. The minimum Gasteiger partial charge on any atom is -0.378 e. The normalized spacial score (nSPS) is 13.9. The van der Waals surface area contributed by atoms with Gasteiger partial charge < -0.3 is 15.0 Å². The first kappa shape index (κ1) is 27.1. The standard InChI is InChI=1S/C27H18F6N4O3/c28-17-12-20(36-26(39)15-2-1-3-16(10-15)27(31,32)33)24(30)22(23(17)29)25(38)14-4-5-18-19(11-14)35-21(13-34-18)37-6-8-40-9-7-37/h1-5,10-13H,6-9H2,(H,36,39). The van der Waals surface area contributed by atoms with Crippen molar-refractivity contribution in [3.05, 3.63) is 94.4 Å². The van der Waals surface area contributed by atoms with Crippen molar-refractivity contribution in [2.75, 3.05) is 36.5 Å². The van der Waals surface area contributed by atoms with E-state index in [1.165, 1.54) is 18.2 Å². The zero-order chi connectivity index (χ0) is 28.6. The highest BCUT2D eigenvalue weighted by molar-refractivity contribution is 6.12. The van der Waals surface area contributed by atoms with E-state index in [4.69, 9.17) is 4.74 Å². The molecule has 0 unspecified atom stereocenters. The summed E-state index contributed by atoms with van der Waals surface area (Å²) in [7, 11) is 0. The third kappa shape index (κ3) is 5.32. The molecule has 206 valence electrons. The van der Waals surface area contributed by atoms with Gasteiger partial charge >= 0.3 is 6.18 Å². The molecule has 0 bridgehead atoms. The van der Waals surface area contributed by atoms with Crippen LogP contribution in [0.25, 0.3) is 11.0 Å². The molecule has 1 amide bonds. The number of carbonyl (C=O) groups excluding carboxylic acids is 2. The average molecular weight is 560 g/mol. The van der Waals surface area contributed by atoms with Gasteiger partial charge in [-0.1, -0.05) is 6.07 Å². The molecular weight excluding hydrogens is 542 g/mol. The number of carbonyl (C=O) groups is 2. The number of hydrogen-bond acceptors (Lipinski definition) is 6. The van der Waals surface area contributed by atoms with Gasteiger partial charge in [-0.2, -0.15) is 13.2 Å². The molecule has 3 aromatic carbocycles. The lowest BCUT2D eigenvalue weighted by Gasteiger charge is -2.27. The summed E-state index contributed by atoms with van der Waals surface area (Å²) in [6.07, 6.45) is -3.21. The Labute approximate surface area is 222 Å². The number of ketones is 1. The molecule has 1 saturated heterocycles. The Morgan fingerprint density at radius 1 is 0.900 bits per heavy atom. The second-order valence-corrected chi connectivity index (χ2v) is 8.80. The number of benzene rings is 3. The van der Waals surface area contributed by atoms with E-state index in [1.807, 2.05) is 10.2 Å². The summed E-state index contributed by atoms with van der Waals surface area (Å²) in [5.74, 6) is -7.02. The average Bonchev–Trinajstić information content (AvgIpc) is 2.95. The molecule has 1 N–H and O–H groups in total. The van der Waals surface area contributed by atoms with Crippen LogP contribution in [0.5, 0.6) is 0 Å². The van der Waals surface area contributed by atoms with E-state index in [0.29, 0.717) is 49.8 Å². The number of aromatic nitrogens is 2. The van der Waals surface area contributed by atoms with Crippen molar-refractivity contribution in [1.82, 2.24) is 9.97 Å². The molecule has 0 aliphatic carbocycles. The van der Waals surface area contributed by atoms with Crippen LogP contribution < -0.4 is 10.2 Å². The number of nitrogens with zero attached hydrogens (tertiary/aromatic N) is 3. The number of halogens is 6. The number of alkyl halides is 3. The SMILES string of the molecule is O=C(Nc1cc(F)c(F)c(C(=O)c2ccc3ncc(N4CCOCC4)nc3c2)c1F)c1cccc(C(F)(F)F)c1. The quantitative estimate of drug-likeness (QED) is 0.200. The van der Waals surface area contributed by atoms with E-state index in [0.717, 1.165) is 18.2 Å². The van der Waals surface area contributed by atoms with Crippen molar-refractivity contribution in [3.8, 4) is 0 Å². The summed E-state index contributed by atoms with van der Waals surface area (Å²) >= 11 is 0. The van der Waals surface area contributed by atoms with Crippen molar-refractivity contribution < 1.29 is 40.7 Å². The smallest absolute Gasteiger partial charge is 0.378 e. The molecule has 40 heavy (non-hydrogen) atoms. The number of amides is 1. The van der Waals surface area contributed by atoms with E-state index >= 15 is 4.39 Å². The summed E-state index contributed by atoms with van der Waals surface area (Å²) < 4.78 is 88.8. The predicted molar refractivity (Wildman–Crippen MR) is 132 cm³/mol.